The third-order valence-corrected chi connectivity index (χ3v) is 4.62. The Morgan fingerprint density at radius 3 is 2.96 bits per heavy atom. The number of anilines is 1. The minimum atomic E-state index is -0.536. The summed E-state index contributed by atoms with van der Waals surface area (Å²) in [7, 11) is 0. The van der Waals surface area contributed by atoms with E-state index in [2.05, 4.69) is 15.4 Å². The summed E-state index contributed by atoms with van der Waals surface area (Å²) < 4.78 is 26.0. The predicted octanol–water partition coefficient (Wildman–Crippen LogP) is 2.43. The zero-order valence-electron chi connectivity index (χ0n) is 14.3. The SMILES string of the molecule is CC1=C(C(=O)OCC2CCCO2)C(c2ccc(F)cc2)n2ncnc2N1. The number of hydrogen-bond donors (Lipinski definition) is 1. The van der Waals surface area contributed by atoms with E-state index >= 15 is 0 Å². The van der Waals surface area contributed by atoms with Crippen molar-refractivity contribution in [3.8, 4) is 0 Å². The minimum absolute atomic E-state index is 0.0531. The molecule has 0 amide bonds. The van der Waals surface area contributed by atoms with Crippen molar-refractivity contribution in [1.29, 1.82) is 0 Å². The number of carbonyl (C=O) groups excluding carboxylic acids is 1. The van der Waals surface area contributed by atoms with E-state index in [4.69, 9.17) is 9.47 Å². The number of hydrogen-bond acceptors (Lipinski definition) is 6. The number of rotatable bonds is 4. The summed E-state index contributed by atoms with van der Waals surface area (Å²) in [6, 6.07) is 5.46. The van der Waals surface area contributed by atoms with Crippen LogP contribution in [0.1, 0.15) is 31.4 Å². The van der Waals surface area contributed by atoms with Crippen LogP contribution in [0.2, 0.25) is 0 Å². The monoisotopic (exact) mass is 358 g/mol. The Balaban J connectivity index is 1.65. The van der Waals surface area contributed by atoms with E-state index in [0.717, 1.165) is 18.4 Å². The molecule has 2 atom stereocenters. The van der Waals surface area contributed by atoms with Crippen LogP contribution in [0.4, 0.5) is 10.3 Å². The van der Waals surface area contributed by atoms with Crippen LogP contribution < -0.4 is 5.32 Å². The second kappa shape index (κ2) is 6.87. The molecule has 7 nitrogen and oxygen atoms in total. The lowest BCUT2D eigenvalue weighted by Gasteiger charge is -2.28. The summed E-state index contributed by atoms with van der Waals surface area (Å²) in [5.74, 6) is -0.266. The molecule has 0 bridgehead atoms. The Morgan fingerprint density at radius 2 is 2.23 bits per heavy atom. The summed E-state index contributed by atoms with van der Waals surface area (Å²) in [5, 5.41) is 7.30. The molecule has 26 heavy (non-hydrogen) atoms. The van der Waals surface area contributed by atoms with E-state index in [1.165, 1.54) is 18.5 Å². The molecule has 0 aliphatic carbocycles. The van der Waals surface area contributed by atoms with Gasteiger partial charge in [-0.25, -0.2) is 13.9 Å². The Kier molecular flexibility index (Phi) is 4.42. The van der Waals surface area contributed by atoms with Gasteiger partial charge in [-0.3, -0.25) is 0 Å². The van der Waals surface area contributed by atoms with Gasteiger partial charge in [-0.1, -0.05) is 12.1 Å². The molecule has 1 N–H and O–H groups in total. The summed E-state index contributed by atoms with van der Waals surface area (Å²) >= 11 is 0. The van der Waals surface area contributed by atoms with E-state index in [-0.39, 0.29) is 18.5 Å². The maximum absolute atomic E-state index is 13.4. The van der Waals surface area contributed by atoms with Crippen molar-refractivity contribution in [2.45, 2.75) is 31.9 Å². The van der Waals surface area contributed by atoms with Crippen molar-refractivity contribution in [2.75, 3.05) is 18.5 Å². The number of nitrogens with one attached hydrogen (secondary N) is 1. The second-order valence-electron chi connectivity index (χ2n) is 6.38. The first-order valence-electron chi connectivity index (χ1n) is 8.55. The maximum Gasteiger partial charge on any atom is 0.338 e. The average molecular weight is 358 g/mol. The third-order valence-electron chi connectivity index (χ3n) is 4.62. The van der Waals surface area contributed by atoms with Crippen molar-refractivity contribution in [1.82, 2.24) is 14.8 Å². The zero-order valence-corrected chi connectivity index (χ0v) is 14.3. The average Bonchev–Trinajstić information content (AvgIpc) is 3.30. The van der Waals surface area contributed by atoms with Crippen LogP contribution in [0.5, 0.6) is 0 Å². The fourth-order valence-electron chi connectivity index (χ4n) is 3.33. The quantitative estimate of drug-likeness (QED) is 0.846. The van der Waals surface area contributed by atoms with Crippen LogP contribution in [-0.4, -0.2) is 40.1 Å². The van der Waals surface area contributed by atoms with Crippen molar-refractivity contribution in [3.63, 3.8) is 0 Å². The number of carbonyl (C=O) groups is 1. The van der Waals surface area contributed by atoms with Crippen molar-refractivity contribution < 1.29 is 18.7 Å². The van der Waals surface area contributed by atoms with E-state index in [0.29, 0.717) is 23.8 Å². The molecule has 1 aromatic carbocycles. The number of aromatic nitrogens is 3. The highest BCUT2D eigenvalue weighted by atomic mass is 19.1. The molecule has 2 unspecified atom stereocenters. The number of ether oxygens (including phenoxy) is 2. The second-order valence-corrected chi connectivity index (χ2v) is 6.38. The summed E-state index contributed by atoms with van der Waals surface area (Å²) in [6.07, 6.45) is 3.22. The van der Waals surface area contributed by atoms with Gasteiger partial charge < -0.3 is 14.8 Å². The highest BCUT2D eigenvalue weighted by Gasteiger charge is 2.34. The maximum atomic E-state index is 13.4. The van der Waals surface area contributed by atoms with Crippen LogP contribution in [0.15, 0.2) is 41.9 Å². The van der Waals surface area contributed by atoms with Gasteiger partial charge in [-0.15, -0.1) is 0 Å². The number of nitrogens with zero attached hydrogens (tertiary/aromatic N) is 3. The van der Waals surface area contributed by atoms with Crippen molar-refractivity contribution in [2.24, 2.45) is 0 Å². The Hall–Kier alpha value is -2.74. The molecule has 2 aliphatic heterocycles. The first kappa shape index (κ1) is 16.7. The van der Waals surface area contributed by atoms with Gasteiger partial charge in [0.05, 0.1) is 11.7 Å². The van der Waals surface area contributed by atoms with Crippen molar-refractivity contribution >= 4 is 11.9 Å². The van der Waals surface area contributed by atoms with Crippen LogP contribution in [0.25, 0.3) is 0 Å². The van der Waals surface area contributed by atoms with E-state index in [1.54, 1.807) is 23.7 Å². The molecule has 0 saturated carbocycles. The van der Waals surface area contributed by atoms with Gasteiger partial charge in [0.1, 0.15) is 24.8 Å². The molecular weight excluding hydrogens is 339 g/mol. The predicted molar refractivity (Wildman–Crippen MR) is 90.8 cm³/mol. The zero-order chi connectivity index (χ0) is 18.1. The molecule has 0 radical (unpaired) electrons. The highest BCUT2D eigenvalue weighted by Crippen LogP contribution is 2.35. The Bertz CT molecular complexity index is 840. The summed E-state index contributed by atoms with van der Waals surface area (Å²) in [4.78, 5) is 17.0. The largest absolute Gasteiger partial charge is 0.459 e. The van der Waals surface area contributed by atoms with Gasteiger partial charge in [0.2, 0.25) is 5.95 Å². The van der Waals surface area contributed by atoms with Crippen LogP contribution in [0, 0.1) is 5.82 Å². The van der Waals surface area contributed by atoms with Gasteiger partial charge in [-0.05, 0) is 37.5 Å². The molecule has 8 heteroatoms. The standard InChI is InChI=1S/C18H19FN4O3/c1-11-15(17(24)26-9-14-3-2-8-25-14)16(12-4-6-13(19)7-5-12)23-18(22-11)20-10-21-23/h4-7,10,14,16H,2-3,8-9H2,1H3,(H,20,21,22). The van der Waals surface area contributed by atoms with Crippen molar-refractivity contribution in [3.05, 3.63) is 53.2 Å². The lowest BCUT2D eigenvalue weighted by molar-refractivity contribution is -0.142. The fraction of sp³-hybridized carbons (Fsp3) is 0.389. The van der Waals surface area contributed by atoms with Gasteiger partial charge >= 0.3 is 5.97 Å². The molecule has 4 rings (SSSR count). The first-order valence-corrected chi connectivity index (χ1v) is 8.55. The number of benzene rings is 1. The fourth-order valence-corrected chi connectivity index (χ4v) is 3.33. The molecule has 1 aromatic heterocycles. The molecule has 136 valence electrons. The lowest BCUT2D eigenvalue weighted by atomic mass is 9.96. The van der Waals surface area contributed by atoms with Crippen LogP contribution in [0.3, 0.4) is 0 Å². The summed E-state index contributed by atoms with van der Waals surface area (Å²) in [5.41, 5.74) is 1.79. The topological polar surface area (TPSA) is 78.3 Å². The molecule has 1 saturated heterocycles. The van der Waals surface area contributed by atoms with Gasteiger partial charge in [0.25, 0.3) is 0 Å². The number of esters is 1. The Morgan fingerprint density at radius 1 is 1.42 bits per heavy atom. The number of allylic oxidation sites excluding steroid dienone is 1. The first-order chi connectivity index (χ1) is 12.6. The van der Waals surface area contributed by atoms with E-state index < -0.39 is 12.0 Å². The summed E-state index contributed by atoms with van der Waals surface area (Å²) in [6.45, 7) is 2.71. The molecular formula is C18H19FN4O3. The molecule has 2 aromatic rings. The molecule has 0 spiro atoms. The Labute approximate surface area is 149 Å². The number of fused-ring (bicyclic) bond motifs is 1. The van der Waals surface area contributed by atoms with Gasteiger partial charge in [-0.2, -0.15) is 10.1 Å². The molecule has 3 heterocycles. The van der Waals surface area contributed by atoms with Gasteiger partial charge in [0.15, 0.2) is 0 Å². The van der Waals surface area contributed by atoms with Gasteiger partial charge in [0, 0.05) is 12.3 Å². The van der Waals surface area contributed by atoms with E-state index in [9.17, 15) is 9.18 Å². The van der Waals surface area contributed by atoms with E-state index in [1.807, 2.05) is 0 Å². The lowest BCUT2D eigenvalue weighted by Crippen LogP contribution is -2.30. The minimum Gasteiger partial charge on any atom is -0.459 e. The van der Waals surface area contributed by atoms with Crippen LogP contribution >= 0.6 is 0 Å². The number of halogens is 1. The smallest absolute Gasteiger partial charge is 0.338 e. The van der Waals surface area contributed by atoms with Crippen LogP contribution in [-0.2, 0) is 14.3 Å². The molecule has 2 aliphatic rings. The highest BCUT2D eigenvalue weighted by molar-refractivity contribution is 5.92. The molecule has 1 fully saturated rings. The normalized spacial score (nSPS) is 22.1. The third kappa shape index (κ3) is 3.08.